The first-order valence-corrected chi connectivity index (χ1v) is 4.46. The van der Waals surface area contributed by atoms with E-state index in [0.29, 0.717) is 18.4 Å². The summed E-state index contributed by atoms with van der Waals surface area (Å²) in [7, 11) is 0. The van der Waals surface area contributed by atoms with Crippen molar-refractivity contribution in [3.63, 3.8) is 0 Å². The van der Waals surface area contributed by atoms with Gasteiger partial charge in [-0.3, -0.25) is 0 Å². The van der Waals surface area contributed by atoms with Crippen molar-refractivity contribution < 1.29 is 4.74 Å². The quantitative estimate of drug-likeness (QED) is 0.779. The highest BCUT2D eigenvalue weighted by Gasteiger charge is 2.03. The lowest BCUT2D eigenvalue weighted by Gasteiger charge is -2.04. The zero-order valence-electron chi connectivity index (χ0n) is 7.90. The van der Waals surface area contributed by atoms with Gasteiger partial charge in [0.1, 0.15) is 5.82 Å². The first-order valence-electron chi connectivity index (χ1n) is 4.46. The van der Waals surface area contributed by atoms with Crippen LogP contribution in [0, 0.1) is 0 Å². The van der Waals surface area contributed by atoms with Crippen LogP contribution < -0.4 is 10.5 Å². The van der Waals surface area contributed by atoms with Crippen LogP contribution >= 0.6 is 0 Å². The van der Waals surface area contributed by atoms with Gasteiger partial charge < -0.3 is 10.5 Å². The van der Waals surface area contributed by atoms with Crippen LogP contribution in [-0.4, -0.2) is 16.6 Å². The molecule has 0 amide bonds. The molecule has 0 aliphatic rings. The van der Waals surface area contributed by atoms with E-state index in [0.717, 1.165) is 10.9 Å². The summed E-state index contributed by atoms with van der Waals surface area (Å²) in [4.78, 5) is 8.25. The molecule has 0 spiro atoms. The second-order valence-electron chi connectivity index (χ2n) is 2.84. The monoisotopic (exact) mass is 189 g/mol. The van der Waals surface area contributed by atoms with Gasteiger partial charge in [-0.15, -0.1) is 0 Å². The summed E-state index contributed by atoms with van der Waals surface area (Å²) in [5.41, 5.74) is 6.56. The normalized spacial score (nSPS) is 10.4. The van der Waals surface area contributed by atoms with Crippen LogP contribution in [0.1, 0.15) is 6.92 Å². The van der Waals surface area contributed by atoms with Gasteiger partial charge in [0.05, 0.1) is 12.1 Å². The van der Waals surface area contributed by atoms with Gasteiger partial charge in [-0.2, -0.15) is 9.97 Å². The Kier molecular flexibility index (Phi) is 2.18. The van der Waals surface area contributed by atoms with Gasteiger partial charge >= 0.3 is 6.01 Å². The first-order chi connectivity index (χ1) is 6.81. The molecular formula is C10H11N3O. The molecule has 0 fully saturated rings. The molecular weight excluding hydrogens is 178 g/mol. The first kappa shape index (κ1) is 8.74. The van der Waals surface area contributed by atoms with Crippen molar-refractivity contribution in [1.82, 2.24) is 9.97 Å². The van der Waals surface area contributed by atoms with E-state index in [4.69, 9.17) is 10.5 Å². The number of fused-ring (bicyclic) bond motifs is 1. The maximum atomic E-state index is 5.76. The van der Waals surface area contributed by atoms with Gasteiger partial charge in [0.25, 0.3) is 0 Å². The standard InChI is InChI=1S/C10H11N3O/c1-2-14-10-12-8-6-4-3-5-7(8)9(11)13-10/h3-6H,2H2,1H3,(H2,11,12,13). The number of benzene rings is 1. The van der Waals surface area contributed by atoms with Gasteiger partial charge in [0.15, 0.2) is 0 Å². The minimum absolute atomic E-state index is 0.337. The molecule has 4 nitrogen and oxygen atoms in total. The van der Waals surface area contributed by atoms with Crippen molar-refractivity contribution in [3.8, 4) is 6.01 Å². The predicted octanol–water partition coefficient (Wildman–Crippen LogP) is 1.61. The predicted molar refractivity (Wildman–Crippen MR) is 55.1 cm³/mol. The second-order valence-corrected chi connectivity index (χ2v) is 2.84. The third kappa shape index (κ3) is 1.46. The Morgan fingerprint density at radius 3 is 2.86 bits per heavy atom. The van der Waals surface area contributed by atoms with Crippen molar-refractivity contribution in [2.45, 2.75) is 6.92 Å². The number of hydrogen-bond acceptors (Lipinski definition) is 4. The summed E-state index contributed by atoms with van der Waals surface area (Å²) < 4.78 is 5.19. The summed E-state index contributed by atoms with van der Waals surface area (Å²) in [5, 5.41) is 0.857. The number of nitrogens with zero attached hydrogens (tertiary/aromatic N) is 2. The highest BCUT2D eigenvalue weighted by atomic mass is 16.5. The van der Waals surface area contributed by atoms with E-state index in [2.05, 4.69) is 9.97 Å². The number of nitrogen functional groups attached to an aromatic ring is 1. The zero-order valence-corrected chi connectivity index (χ0v) is 7.90. The van der Waals surface area contributed by atoms with Crippen LogP contribution in [0.5, 0.6) is 6.01 Å². The lowest BCUT2D eigenvalue weighted by Crippen LogP contribution is -2.01. The van der Waals surface area contributed by atoms with E-state index >= 15 is 0 Å². The minimum Gasteiger partial charge on any atom is -0.464 e. The molecule has 0 aliphatic heterocycles. The van der Waals surface area contributed by atoms with Gasteiger partial charge in [-0.1, -0.05) is 12.1 Å². The average Bonchev–Trinajstić information content (AvgIpc) is 2.18. The number of nitrogens with two attached hydrogens (primary N) is 1. The average molecular weight is 189 g/mol. The van der Waals surface area contributed by atoms with Crippen molar-refractivity contribution in [1.29, 1.82) is 0 Å². The van der Waals surface area contributed by atoms with Crippen LogP contribution in [-0.2, 0) is 0 Å². The SMILES string of the molecule is CCOc1nc(N)c2ccccc2n1. The molecule has 0 saturated carbocycles. The van der Waals surface area contributed by atoms with Crippen molar-refractivity contribution in [2.24, 2.45) is 0 Å². The Balaban J connectivity index is 2.60. The molecule has 2 rings (SSSR count). The highest BCUT2D eigenvalue weighted by molar-refractivity contribution is 5.87. The van der Waals surface area contributed by atoms with E-state index in [1.165, 1.54) is 0 Å². The summed E-state index contributed by atoms with van der Waals surface area (Å²) in [5.74, 6) is 0.457. The lowest BCUT2D eigenvalue weighted by atomic mass is 10.2. The van der Waals surface area contributed by atoms with Crippen molar-refractivity contribution in [3.05, 3.63) is 24.3 Å². The van der Waals surface area contributed by atoms with E-state index in [-0.39, 0.29) is 0 Å². The van der Waals surface area contributed by atoms with Crippen LogP contribution in [0.15, 0.2) is 24.3 Å². The molecule has 1 aromatic heterocycles. The maximum absolute atomic E-state index is 5.76. The molecule has 0 atom stereocenters. The van der Waals surface area contributed by atoms with Gasteiger partial charge in [0.2, 0.25) is 0 Å². The molecule has 14 heavy (non-hydrogen) atoms. The highest BCUT2D eigenvalue weighted by Crippen LogP contribution is 2.19. The Morgan fingerprint density at radius 1 is 1.29 bits per heavy atom. The smallest absolute Gasteiger partial charge is 0.318 e. The number of aromatic nitrogens is 2. The summed E-state index contributed by atoms with van der Waals surface area (Å²) in [6, 6.07) is 7.92. The Hall–Kier alpha value is -1.84. The van der Waals surface area contributed by atoms with E-state index in [1.54, 1.807) is 0 Å². The lowest BCUT2D eigenvalue weighted by molar-refractivity contribution is 0.314. The molecule has 2 aromatic rings. The molecule has 72 valence electrons. The molecule has 0 unspecified atom stereocenters. The number of rotatable bonds is 2. The third-order valence-electron chi connectivity index (χ3n) is 1.89. The third-order valence-corrected chi connectivity index (χ3v) is 1.89. The summed E-state index contributed by atoms with van der Waals surface area (Å²) >= 11 is 0. The fraction of sp³-hybridized carbons (Fsp3) is 0.200. The molecule has 0 radical (unpaired) electrons. The number of hydrogen-bond donors (Lipinski definition) is 1. The molecule has 0 bridgehead atoms. The van der Waals surface area contributed by atoms with E-state index < -0.39 is 0 Å². The van der Waals surface area contributed by atoms with Gasteiger partial charge in [-0.25, -0.2) is 0 Å². The molecule has 0 saturated heterocycles. The minimum atomic E-state index is 0.337. The summed E-state index contributed by atoms with van der Waals surface area (Å²) in [6.45, 7) is 2.42. The van der Waals surface area contributed by atoms with Crippen molar-refractivity contribution >= 4 is 16.7 Å². The Labute approximate surface area is 81.7 Å². The van der Waals surface area contributed by atoms with E-state index in [9.17, 15) is 0 Å². The molecule has 1 heterocycles. The molecule has 4 heteroatoms. The van der Waals surface area contributed by atoms with Gasteiger partial charge in [0, 0.05) is 5.39 Å². The van der Waals surface area contributed by atoms with E-state index in [1.807, 2.05) is 31.2 Å². The topological polar surface area (TPSA) is 61.0 Å². The fourth-order valence-corrected chi connectivity index (χ4v) is 1.27. The van der Waals surface area contributed by atoms with Crippen molar-refractivity contribution in [2.75, 3.05) is 12.3 Å². The molecule has 0 aliphatic carbocycles. The fourth-order valence-electron chi connectivity index (χ4n) is 1.27. The zero-order chi connectivity index (χ0) is 9.97. The molecule has 1 aromatic carbocycles. The number of anilines is 1. The number of para-hydroxylation sites is 1. The van der Waals surface area contributed by atoms with Crippen LogP contribution in [0.2, 0.25) is 0 Å². The van der Waals surface area contributed by atoms with Crippen LogP contribution in [0.25, 0.3) is 10.9 Å². The Bertz CT molecular complexity index is 456. The molecule has 2 N–H and O–H groups in total. The summed E-state index contributed by atoms with van der Waals surface area (Å²) in [6.07, 6.45) is 0. The van der Waals surface area contributed by atoms with Crippen LogP contribution in [0.4, 0.5) is 5.82 Å². The maximum Gasteiger partial charge on any atom is 0.318 e. The van der Waals surface area contributed by atoms with Gasteiger partial charge in [-0.05, 0) is 19.1 Å². The van der Waals surface area contributed by atoms with Crippen LogP contribution in [0.3, 0.4) is 0 Å². The second kappa shape index (κ2) is 3.49. The number of ether oxygens (including phenoxy) is 1. The Morgan fingerprint density at radius 2 is 2.07 bits per heavy atom. The largest absolute Gasteiger partial charge is 0.464 e.